The molecule has 0 aliphatic carbocycles. The molecule has 0 aromatic heterocycles. The summed E-state index contributed by atoms with van der Waals surface area (Å²) in [5.74, 6) is -1.11. The van der Waals surface area contributed by atoms with E-state index in [4.69, 9.17) is 14.0 Å². The minimum atomic E-state index is -3.13. The molecule has 1 aliphatic heterocycles. The lowest BCUT2D eigenvalue weighted by atomic mass is 9.99. The highest BCUT2D eigenvalue weighted by atomic mass is 31.2. The number of carboxylic acids is 1. The van der Waals surface area contributed by atoms with Crippen LogP contribution in [0.3, 0.4) is 0 Å². The number of amides is 1. The summed E-state index contributed by atoms with van der Waals surface area (Å²) in [5.41, 5.74) is 3.69. The van der Waals surface area contributed by atoms with Crippen LogP contribution in [0.5, 0.6) is 0 Å². The highest BCUT2D eigenvalue weighted by Crippen LogP contribution is 2.48. The van der Waals surface area contributed by atoms with Crippen molar-refractivity contribution in [1.82, 2.24) is 4.90 Å². The van der Waals surface area contributed by atoms with Crippen molar-refractivity contribution >= 4 is 30.9 Å². The van der Waals surface area contributed by atoms with Crippen LogP contribution in [0.1, 0.15) is 69.1 Å². The quantitative estimate of drug-likeness (QED) is 0.0839. The van der Waals surface area contributed by atoms with E-state index in [9.17, 15) is 19.3 Å². The minimum absolute atomic E-state index is 0.0838. The van der Waals surface area contributed by atoms with Crippen molar-refractivity contribution in [3.05, 3.63) is 102 Å². The number of benzene rings is 3. The van der Waals surface area contributed by atoms with Gasteiger partial charge in [0.2, 0.25) is 5.91 Å². The number of carbonyl (C=O) groups is 2. The topological polar surface area (TPSA) is 118 Å². The van der Waals surface area contributed by atoms with Gasteiger partial charge in [-0.2, -0.15) is 0 Å². The molecule has 4 rings (SSSR count). The Kier molecular flexibility index (Phi) is 13.7. The van der Waals surface area contributed by atoms with Crippen molar-refractivity contribution in [3.63, 3.8) is 0 Å². The minimum Gasteiger partial charge on any atom is -0.480 e. The summed E-state index contributed by atoms with van der Waals surface area (Å²) in [6.07, 6.45) is 4.16. The van der Waals surface area contributed by atoms with Gasteiger partial charge in [0.1, 0.15) is 6.04 Å². The average Bonchev–Trinajstić information content (AvgIpc) is 3.52. The van der Waals surface area contributed by atoms with Gasteiger partial charge in [0.05, 0.1) is 36.8 Å². The average molecular weight is 648 g/mol. The van der Waals surface area contributed by atoms with Crippen molar-refractivity contribution in [1.29, 1.82) is 0 Å². The molecule has 0 spiro atoms. The van der Waals surface area contributed by atoms with Crippen molar-refractivity contribution in [2.75, 3.05) is 31.2 Å². The number of likely N-dealkylation sites (tertiary alicyclic amines) is 1. The highest BCUT2D eigenvalue weighted by Gasteiger charge is 2.31. The molecule has 46 heavy (non-hydrogen) atoms. The van der Waals surface area contributed by atoms with E-state index in [1.54, 1.807) is 13.8 Å². The lowest BCUT2D eigenvalue weighted by Gasteiger charge is -2.24. The number of nitrogens with zero attached hydrogens (tertiary/aromatic N) is 2. The zero-order valence-corrected chi connectivity index (χ0v) is 27.7. The number of rotatable bonds is 18. The third-order valence-electron chi connectivity index (χ3n) is 8.01. The van der Waals surface area contributed by atoms with E-state index in [0.29, 0.717) is 68.6 Å². The van der Waals surface area contributed by atoms with Crippen molar-refractivity contribution < 1.29 is 28.3 Å². The Hall–Kier alpha value is -3.62. The number of aliphatic carboxylic acids is 1. The Bertz CT molecular complexity index is 1470. The highest BCUT2D eigenvalue weighted by molar-refractivity contribution is 7.53. The molecule has 1 amide bonds. The Labute approximate surface area is 272 Å². The molecule has 3 aromatic rings. The molecule has 2 atom stereocenters. The number of anilines is 1. The Morgan fingerprint density at radius 3 is 2.26 bits per heavy atom. The predicted molar refractivity (Wildman–Crippen MR) is 183 cm³/mol. The van der Waals surface area contributed by atoms with Gasteiger partial charge in [-0.1, -0.05) is 91.7 Å². The van der Waals surface area contributed by atoms with Crippen LogP contribution in [0, 0.1) is 0 Å². The van der Waals surface area contributed by atoms with Crippen LogP contribution in [0.25, 0.3) is 0 Å². The number of hydrogen-bond donors (Lipinski definition) is 2. The third kappa shape index (κ3) is 10.2. The van der Waals surface area contributed by atoms with E-state index in [2.05, 4.69) is 22.3 Å². The third-order valence-corrected chi connectivity index (χ3v) is 10.2. The van der Waals surface area contributed by atoms with Gasteiger partial charge in [-0.15, -0.1) is 0 Å². The fraction of sp³-hybridized carbons (Fsp3) is 0.417. The van der Waals surface area contributed by atoms with E-state index in [1.165, 1.54) is 5.56 Å². The van der Waals surface area contributed by atoms with Gasteiger partial charge >= 0.3 is 13.6 Å². The van der Waals surface area contributed by atoms with Gasteiger partial charge in [-0.25, -0.2) is 4.79 Å². The Balaban J connectivity index is 1.52. The molecule has 0 saturated carbocycles. The first-order chi connectivity index (χ1) is 22.3. The molecule has 0 radical (unpaired) electrons. The fourth-order valence-electron chi connectivity index (χ4n) is 5.82. The molecule has 1 fully saturated rings. The monoisotopic (exact) mass is 647 g/mol. The summed E-state index contributed by atoms with van der Waals surface area (Å²) >= 11 is 0. The normalized spacial score (nSPS) is 16.3. The molecule has 10 heteroatoms. The molecule has 1 aliphatic rings. The number of unbranched alkanes of at least 4 members (excludes halogenated alkanes) is 2. The van der Waals surface area contributed by atoms with Crippen LogP contribution in [0.15, 0.2) is 89.9 Å². The van der Waals surface area contributed by atoms with E-state index in [-0.39, 0.29) is 11.9 Å². The van der Waals surface area contributed by atoms with Gasteiger partial charge in [-0.05, 0) is 57.7 Å². The van der Waals surface area contributed by atoms with E-state index in [1.807, 2.05) is 72.8 Å². The number of carboxylic acid groups (broad SMARTS) is 1. The van der Waals surface area contributed by atoms with Crippen LogP contribution in [0.4, 0.5) is 5.69 Å². The first kappa shape index (κ1) is 35.2. The van der Waals surface area contributed by atoms with Crippen molar-refractivity contribution in [2.24, 2.45) is 4.99 Å². The predicted octanol–water partition coefficient (Wildman–Crippen LogP) is 7.41. The maximum Gasteiger partial charge on any atom is 0.330 e. The van der Waals surface area contributed by atoms with Crippen LogP contribution in [0.2, 0.25) is 0 Å². The molecule has 0 unspecified atom stereocenters. The smallest absolute Gasteiger partial charge is 0.330 e. The zero-order chi connectivity index (χ0) is 32.8. The molecular weight excluding hydrogens is 601 g/mol. The van der Waals surface area contributed by atoms with Crippen LogP contribution >= 0.6 is 7.60 Å². The van der Waals surface area contributed by atoms with Crippen molar-refractivity contribution in [3.8, 4) is 0 Å². The number of carbonyl (C=O) groups excluding carboxylic acids is 1. The summed E-state index contributed by atoms with van der Waals surface area (Å²) < 4.78 is 23.5. The van der Waals surface area contributed by atoms with Crippen LogP contribution in [-0.4, -0.2) is 65.6 Å². The van der Waals surface area contributed by atoms with Gasteiger partial charge in [0, 0.05) is 17.7 Å². The molecule has 3 aromatic carbocycles. The summed E-state index contributed by atoms with van der Waals surface area (Å²) in [6.45, 7) is 5.73. The number of hydrogen-bond acceptors (Lipinski definition) is 7. The molecule has 9 nitrogen and oxygen atoms in total. The van der Waals surface area contributed by atoms with Gasteiger partial charge in [0.15, 0.2) is 0 Å². The van der Waals surface area contributed by atoms with Crippen LogP contribution < -0.4 is 5.32 Å². The van der Waals surface area contributed by atoms with Crippen LogP contribution in [-0.2, 0) is 29.7 Å². The second-order valence-electron chi connectivity index (χ2n) is 11.4. The number of nitrogens with one attached hydrogen (secondary N) is 1. The summed E-state index contributed by atoms with van der Waals surface area (Å²) in [6, 6.07) is 25.8. The maximum absolute atomic E-state index is 13.7. The molecule has 0 bridgehead atoms. The molecule has 1 saturated heterocycles. The van der Waals surface area contributed by atoms with Gasteiger partial charge in [-0.3, -0.25) is 19.3 Å². The molecule has 2 N–H and O–H groups in total. The fourth-order valence-corrected chi connectivity index (χ4v) is 7.55. The first-order valence-electron chi connectivity index (χ1n) is 16.3. The molecule has 246 valence electrons. The Morgan fingerprint density at radius 1 is 0.935 bits per heavy atom. The number of aliphatic imine (C=N–C) groups is 1. The number of para-hydroxylation sites is 1. The maximum atomic E-state index is 13.7. The second-order valence-corrected chi connectivity index (χ2v) is 13.6. The largest absolute Gasteiger partial charge is 0.480 e. The lowest BCUT2D eigenvalue weighted by Crippen LogP contribution is -2.39. The van der Waals surface area contributed by atoms with E-state index < -0.39 is 19.6 Å². The zero-order valence-electron chi connectivity index (χ0n) is 26.8. The lowest BCUT2D eigenvalue weighted by molar-refractivity contribution is -0.138. The summed E-state index contributed by atoms with van der Waals surface area (Å²) in [4.78, 5) is 33.2. The second kappa shape index (κ2) is 17.9. The molecular formula is C36H46N3O6P. The summed E-state index contributed by atoms with van der Waals surface area (Å²) in [5, 5.41) is 13.3. The SMILES string of the molecule is CCOP(=O)(CCCCC[C@@H](N=C(c1ccccc1)c1ccccc1NC(=O)[C@H]1CCCN1Cc1ccccc1)C(=O)O)OCC. The molecule has 1 heterocycles. The van der Waals surface area contributed by atoms with Gasteiger partial charge < -0.3 is 19.5 Å². The van der Waals surface area contributed by atoms with E-state index in [0.717, 1.165) is 24.9 Å². The first-order valence-corrected chi connectivity index (χ1v) is 18.0. The standard InChI is InChI=1S/C36H46N3O6P/c1-3-44-46(43,45-4-2)26-15-7-12-23-32(36(41)42)37-34(29-19-10-6-11-20-29)30-21-13-14-22-31(30)38-35(40)33-24-16-25-39(33)27-28-17-8-5-9-18-28/h5-6,8-11,13-14,17-22,32-33H,3-4,7,12,15-16,23-27H2,1-2H3,(H,38,40)(H,41,42)/t32-,33-/m1/s1. The van der Waals surface area contributed by atoms with Crippen molar-refractivity contribution in [2.45, 2.75) is 71.0 Å². The summed E-state index contributed by atoms with van der Waals surface area (Å²) in [7, 11) is -3.13. The Morgan fingerprint density at radius 2 is 1.59 bits per heavy atom. The van der Waals surface area contributed by atoms with E-state index >= 15 is 0 Å². The van der Waals surface area contributed by atoms with Gasteiger partial charge in [0.25, 0.3) is 0 Å².